The van der Waals surface area contributed by atoms with Crippen LogP contribution in [0.2, 0.25) is 0 Å². The van der Waals surface area contributed by atoms with Crippen LogP contribution in [0.15, 0.2) is 23.7 Å². The Balaban J connectivity index is 1.54. The molecule has 0 radical (unpaired) electrons. The molecule has 2 aromatic heterocycles. The van der Waals surface area contributed by atoms with Gasteiger partial charge >= 0.3 is 0 Å². The average Bonchev–Trinajstić information content (AvgIpc) is 3.07. The van der Waals surface area contributed by atoms with Crippen LogP contribution in [0.3, 0.4) is 0 Å². The number of unbranched alkanes of at least 4 members (excludes halogenated alkanes) is 2. The van der Waals surface area contributed by atoms with Gasteiger partial charge in [0, 0.05) is 41.8 Å². The second-order valence-electron chi connectivity index (χ2n) is 6.23. The first kappa shape index (κ1) is 16.2. The number of piperidine rings is 1. The molecule has 1 aliphatic rings. The molecule has 1 fully saturated rings. The molecule has 0 aliphatic carbocycles. The van der Waals surface area contributed by atoms with E-state index in [1.165, 1.54) is 22.9 Å². The fourth-order valence-corrected chi connectivity index (χ4v) is 3.99. The zero-order chi connectivity index (χ0) is 16.1. The lowest BCUT2D eigenvalue weighted by atomic mass is 9.95. The molecule has 3 heterocycles. The lowest BCUT2D eigenvalue weighted by Gasteiger charge is -2.32. The summed E-state index contributed by atoms with van der Waals surface area (Å²) in [5.41, 5.74) is 0. The Morgan fingerprint density at radius 2 is 2.17 bits per heavy atom. The standard InChI is InChI=1S/C18H25N3OS/c1-2-3-4-9-20-18(22)14-6-11-21(12-7-14)17-15-8-13-23-16(15)5-10-19-17/h5,8,10,13-14H,2-4,6-7,9,11-12H2,1H3,(H,20,22). The normalized spacial score (nSPS) is 16.0. The Morgan fingerprint density at radius 1 is 1.35 bits per heavy atom. The molecule has 0 unspecified atom stereocenters. The van der Waals surface area contributed by atoms with E-state index in [0.717, 1.165) is 44.7 Å². The monoisotopic (exact) mass is 331 g/mol. The van der Waals surface area contributed by atoms with Crippen LogP contribution < -0.4 is 10.2 Å². The fraction of sp³-hybridized carbons (Fsp3) is 0.556. The largest absolute Gasteiger partial charge is 0.356 e. The third-order valence-corrected chi connectivity index (χ3v) is 5.49. The molecule has 1 N–H and O–H groups in total. The van der Waals surface area contributed by atoms with Gasteiger partial charge in [-0.1, -0.05) is 19.8 Å². The first-order valence-corrected chi connectivity index (χ1v) is 9.52. The number of fused-ring (bicyclic) bond motifs is 1. The van der Waals surface area contributed by atoms with Gasteiger partial charge in [0.05, 0.1) is 0 Å². The van der Waals surface area contributed by atoms with Gasteiger partial charge in [-0.3, -0.25) is 4.79 Å². The highest BCUT2D eigenvalue weighted by Crippen LogP contribution is 2.31. The van der Waals surface area contributed by atoms with Gasteiger partial charge in [0.1, 0.15) is 5.82 Å². The minimum absolute atomic E-state index is 0.162. The number of anilines is 1. The summed E-state index contributed by atoms with van der Waals surface area (Å²) in [6.45, 7) is 4.83. The Hall–Kier alpha value is -1.62. The maximum absolute atomic E-state index is 12.2. The van der Waals surface area contributed by atoms with Crippen LogP contribution >= 0.6 is 11.3 Å². The van der Waals surface area contributed by atoms with E-state index in [-0.39, 0.29) is 11.8 Å². The summed E-state index contributed by atoms with van der Waals surface area (Å²) < 4.78 is 1.28. The molecule has 5 heteroatoms. The molecule has 23 heavy (non-hydrogen) atoms. The minimum Gasteiger partial charge on any atom is -0.356 e. The first-order chi connectivity index (χ1) is 11.3. The van der Waals surface area contributed by atoms with Gasteiger partial charge < -0.3 is 10.2 Å². The van der Waals surface area contributed by atoms with Gasteiger partial charge in [-0.05, 0) is 36.8 Å². The van der Waals surface area contributed by atoms with Gasteiger partial charge in [0.15, 0.2) is 0 Å². The van der Waals surface area contributed by atoms with Crippen LogP contribution in [0.1, 0.15) is 39.0 Å². The zero-order valence-corrected chi connectivity index (χ0v) is 14.6. The molecule has 0 aromatic carbocycles. The third kappa shape index (κ3) is 3.83. The van der Waals surface area contributed by atoms with Crippen molar-refractivity contribution in [2.24, 2.45) is 5.92 Å². The number of nitrogens with zero attached hydrogens (tertiary/aromatic N) is 2. The van der Waals surface area contributed by atoms with Crippen molar-refractivity contribution >= 4 is 33.1 Å². The van der Waals surface area contributed by atoms with Gasteiger partial charge in [-0.25, -0.2) is 4.98 Å². The second-order valence-corrected chi connectivity index (χ2v) is 7.17. The predicted octanol–water partition coefficient (Wildman–Crippen LogP) is 3.82. The van der Waals surface area contributed by atoms with Gasteiger partial charge in [0.25, 0.3) is 0 Å². The van der Waals surface area contributed by atoms with Gasteiger partial charge in [-0.2, -0.15) is 0 Å². The van der Waals surface area contributed by atoms with E-state index in [9.17, 15) is 4.79 Å². The van der Waals surface area contributed by atoms with Crippen molar-refractivity contribution in [2.45, 2.75) is 39.0 Å². The van der Waals surface area contributed by atoms with E-state index in [1.807, 2.05) is 6.20 Å². The van der Waals surface area contributed by atoms with Gasteiger partial charge in [-0.15, -0.1) is 11.3 Å². The van der Waals surface area contributed by atoms with Crippen LogP contribution in [-0.4, -0.2) is 30.5 Å². The Morgan fingerprint density at radius 3 is 2.96 bits per heavy atom. The van der Waals surface area contributed by atoms with E-state index in [2.05, 4.69) is 39.6 Å². The van der Waals surface area contributed by atoms with E-state index < -0.39 is 0 Å². The van der Waals surface area contributed by atoms with E-state index >= 15 is 0 Å². The number of carbonyl (C=O) groups excluding carboxylic acids is 1. The molecule has 2 aromatic rings. The zero-order valence-electron chi connectivity index (χ0n) is 13.8. The molecular weight excluding hydrogens is 306 g/mol. The van der Waals surface area contributed by atoms with Crippen LogP contribution in [0.4, 0.5) is 5.82 Å². The molecule has 0 atom stereocenters. The number of thiophene rings is 1. The lowest BCUT2D eigenvalue weighted by Crippen LogP contribution is -2.41. The van der Waals surface area contributed by atoms with Crippen LogP contribution in [-0.2, 0) is 4.79 Å². The summed E-state index contributed by atoms with van der Waals surface area (Å²) in [5.74, 6) is 1.47. The molecule has 1 amide bonds. The van der Waals surface area contributed by atoms with Crippen molar-refractivity contribution in [1.29, 1.82) is 0 Å². The van der Waals surface area contributed by atoms with E-state index in [4.69, 9.17) is 0 Å². The van der Waals surface area contributed by atoms with Crippen molar-refractivity contribution < 1.29 is 4.79 Å². The number of hydrogen-bond acceptors (Lipinski definition) is 4. The first-order valence-electron chi connectivity index (χ1n) is 8.64. The fourth-order valence-electron chi connectivity index (χ4n) is 3.22. The van der Waals surface area contributed by atoms with Crippen LogP contribution in [0.25, 0.3) is 10.1 Å². The molecular formula is C18H25N3OS. The summed E-state index contributed by atoms with van der Waals surface area (Å²) in [6, 6.07) is 4.22. The maximum atomic E-state index is 12.2. The number of nitrogens with one attached hydrogen (secondary N) is 1. The molecule has 1 saturated heterocycles. The highest BCUT2D eigenvalue weighted by atomic mass is 32.1. The summed E-state index contributed by atoms with van der Waals surface area (Å²) in [4.78, 5) is 19.1. The molecule has 4 nitrogen and oxygen atoms in total. The highest BCUT2D eigenvalue weighted by Gasteiger charge is 2.26. The Labute approximate surface area is 141 Å². The van der Waals surface area contributed by atoms with E-state index in [1.54, 1.807) is 11.3 Å². The molecule has 0 bridgehead atoms. The maximum Gasteiger partial charge on any atom is 0.223 e. The van der Waals surface area contributed by atoms with Crippen molar-refractivity contribution in [1.82, 2.24) is 10.3 Å². The van der Waals surface area contributed by atoms with Crippen molar-refractivity contribution in [3.63, 3.8) is 0 Å². The SMILES string of the molecule is CCCCCNC(=O)C1CCN(c2nccc3sccc23)CC1. The number of aromatic nitrogens is 1. The van der Waals surface area contributed by atoms with Crippen molar-refractivity contribution in [3.8, 4) is 0 Å². The van der Waals surface area contributed by atoms with Crippen LogP contribution in [0, 0.1) is 5.92 Å². The average molecular weight is 331 g/mol. The van der Waals surface area contributed by atoms with E-state index in [0.29, 0.717) is 0 Å². The minimum atomic E-state index is 0.162. The number of rotatable bonds is 6. The topological polar surface area (TPSA) is 45.2 Å². The molecule has 1 aliphatic heterocycles. The smallest absolute Gasteiger partial charge is 0.223 e. The Kier molecular flexibility index (Phi) is 5.49. The number of carbonyl (C=O) groups is 1. The third-order valence-electron chi connectivity index (χ3n) is 4.60. The molecule has 3 rings (SSSR count). The second kappa shape index (κ2) is 7.77. The molecule has 0 saturated carbocycles. The molecule has 124 valence electrons. The quantitative estimate of drug-likeness (QED) is 0.819. The summed E-state index contributed by atoms with van der Waals surface area (Å²) in [6.07, 6.45) is 7.19. The lowest BCUT2D eigenvalue weighted by molar-refractivity contribution is -0.125. The predicted molar refractivity (Wildman–Crippen MR) is 97.1 cm³/mol. The van der Waals surface area contributed by atoms with Crippen molar-refractivity contribution in [2.75, 3.05) is 24.5 Å². The van der Waals surface area contributed by atoms with Crippen molar-refractivity contribution in [3.05, 3.63) is 23.7 Å². The molecule has 0 spiro atoms. The van der Waals surface area contributed by atoms with Crippen LogP contribution in [0.5, 0.6) is 0 Å². The summed E-state index contributed by atoms with van der Waals surface area (Å²) in [7, 11) is 0. The van der Waals surface area contributed by atoms with Gasteiger partial charge in [0.2, 0.25) is 5.91 Å². The Bertz CT molecular complexity index is 647. The highest BCUT2D eigenvalue weighted by molar-refractivity contribution is 7.17. The summed E-state index contributed by atoms with van der Waals surface area (Å²) >= 11 is 1.75. The number of amides is 1. The summed E-state index contributed by atoms with van der Waals surface area (Å²) in [5, 5.41) is 6.45. The number of hydrogen-bond donors (Lipinski definition) is 1. The number of pyridine rings is 1.